The highest BCUT2D eigenvalue weighted by Gasteiger charge is 2.34. The van der Waals surface area contributed by atoms with Crippen LogP contribution in [-0.4, -0.2) is 25.8 Å². The van der Waals surface area contributed by atoms with Crippen LogP contribution < -0.4 is 9.46 Å². The molecule has 158 valence electrons. The molecule has 1 aromatic heterocycles. The molecule has 0 saturated carbocycles. The molecule has 3 aromatic rings. The van der Waals surface area contributed by atoms with Gasteiger partial charge >= 0.3 is 0 Å². The van der Waals surface area contributed by atoms with E-state index in [9.17, 15) is 13.2 Å². The van der Waals surface area contributed by atoms with Gasteiger partial charge in [-0.15, -0.1) is 0 Å². The second-order valence-corrected chi connectivity index (χ2v) is 10.3. The smallest absolute Gasteiger partial charge is 0.262 e. The first-order valence-electron chi connectivity index (χ1n) is 10.0. The molecule has 6 nitrogen and oxygen atoms in total. The van der Waals surface area contributed by atoms with Crippen LogP contribution in [0.15, 0.2) is 41.3 Å². The van der Waals surface area contributed by atoms with Crippen LogP contribution in [0, 0.1) is 12.3 Å². The number of aromatic nitrogens is 1. The van der Waals surface area contributed by atoms with Gasteiger partial charge in [-0.05, 0) is 67.6 Å². The van der Waals surface area contributed by atoms with Gasteiger partial charge in [-0.2, -0.15) is 0 Å². The highest BCUT2D eigenvalue weighted by Crippen LogP contribution is 2.39. The summed E-state index contributed by atoms with van der Waals surface area (Å²) >= 11 is 0. The predicted molar refractivity (Wildman–Crippen MR) is 118 cm³/mol. The second-order valence-electron chi connectivity index (χ2n) is 8.65. The number of aromatic amines is 1. The van der Waals surface area contributed by atoms with Crippen LogP contribution >= 0.6 is 0 Å². The van der Waals surface area contributed by atoms with Crippen molar-refractivity contribution in [3.63, 3.8) is 0 Å². The summed E-state index contributed by atoms with van der Waals surface area (Å²) < 4.78 is 34.2. The molecule has 1 heterocycles. The van der Waals surface area contributed by atoms with Gasteiger partial charge in [0, 0.05) is 34.3 Å². The number of ether oxygens (including phenoxy) is 1. The minimum absolute atomic E-state index is 0.107. The molecule has 4 rings (SSSR count). The number of Topliss-reactive ketones (excluding diaryl/α,β-unsaturated/α-hetero) is 1. The topological polar surface area (TPSA) is 88.3 Å². The number of carbonyl (C=O) groups is 1. The monoisotopic (exact) mass is 426 g/mol. The Kier molecular flexibility index (Phi) is 4.89. The molecule has 1 aliphatic rings. The van der Waals surface area contributed by atoms with Gasteiger partial charge < -0.3 is 9.72 Å². The molecular weight excluding hydrogens is 400 g/mol. The molecule has 2 aromatic carbocycles. The van der Waals surface area contributed by atoms with Crippen molar-refractivity contribution < 1.29 is 17.9 Å². The number of hydrogen-bond acceptors (Lipinski definition) is 4. The van der Waals surface area contributed by atoms with Crippen molar-refractivity contribution in [3.8, 4) is 5.75 Å². The van der Waals surface area contributed by atoms with E-state index in [1.807, 2.05) is 6.92 Å². The normalized spacial score (nSPS) is 15.8. The summed E-state index contributed by atoms with van der Waals surface area (Å²) in [7, 11) is -3.79. The lowest BCUT2D eigenvalue weighted by Gasteiger charge is -2.28. The summed E-state index contributed by atoms with van der Waals surface area (Å²) in [6.07, 6.45) is 1.25. The van der Waals surface area contributed by atoms with Crippen molar-refractivity contribution in [3.05, 3.63) is 53.2 Å². The van der Waals surface area contributed by atoms with Gasteiger partial charge in [0.2, 0.25) is 0 Å². The zero-order valence-electron chi connectivity index (χ0n) is 17.6. The van der Waals surface area contributed by atoms with E-state index in [0.717, 1.165) is 17.5 Å². The lowest BCUT2D eigenvalue weighted by molar-refractivity contribution is 0.0913. The van der Waals surface area contributed by atoms with Gasteiger partial charge in [-0.1, -0.05) is 13.8 Å². The number of anilines is 1. The lowest BCUT2D eigenvalue weighted by atomic mass is 9.76. The zero-order valence-corrected chi connectivity index (χ0v) is 18.4. The number of aryl methyl sites for hydroxylation is 1. The van der Waals surface area contributed by atoms with E-state index in [-0.39, 0.29) is 16.1 Å². The van der Waals surface area contributed by atoms with E-state index in [4.69, 9.17) is 4.74 Å². The first-order chi connectivity index (χ1) is 14.1. The number of rotatable bonds is 5. The molecule has 0 radical (unpaired) electrons. The Labute approximate surface area is 176 Å². The third-order valence-corrected chi connectivity index (χ3v) is 6.98. The molecule has 0 atom stereocenters. The molecule has 30 heavy (non-hydrogen) atoms. The van der Waals surface area contributed by atoms with Crippen LogP contribution in [0.4, 0.5) is 5.69 Å². The highest BCUT2D eigenvalue weighted by atomic mass is 32.2. The second kappa shape index (κ2) is 7.16. The van der Waals surface area contributed by atoms with Crippen molar-refractivity contribution in [2.45, 2.75) is 45.4 Å². The maximum absolute atomic E-state index is 13.1. The van der Waals surface area contributed by atoms with Crippen molar-refractivity contribution >= 4 is 32.4 Å². The third kappa shape index (κ3) is 3.69. The number of benzene rings is 2. The van der Waals surface area contributed by atoms with Crippen LogP contribution in [0.3, 0.4) is 0 Å². The van der Waals surface area contributed by atoms with Gasteiger partial charge in [0.25, 0.3) is 10.0 Å². The van der Waals surface area contributed by atoms with Crippen molar-refractivity contribution in [1.82, 2.24) is 4.98 Å². The van der Waals surface area contributed by atoms with E-state index < -0.39 is 10.0 Å². The maximum Gasteiger partial charge on any atom is 0.262 e. The number of carbonyl (C=O) groups excluding carboxylic acids is 1. The Hall–Kier alpha value is -2.80. The molecule has 0 amide bonds. The molecule has 0 fully saturated rings. The first kappa shape index (κ1) is 20.5. The molecular formula is C23H26N2O4S. The third-order valence-electron chi connectivity index (χ3n) is 5.45. The summed E-state index contributed by atoms with van der Waals surface area (Å²) in [6, 6.07) is 10.2. The van der Waals surface area contributed by atoms with Gasteiger partial charge in [-0.3, -0.25) is 9.52 Å². The SMILES string of the molecule is CCOc1ccc(NS(=O)(=O)c2cc3[nH]c4c(c3cc2C)C(=O)CC(C)(C)C4)cc1. The molecule has 2 N–H and O–H groups in total. The van der Waals surface area contributed by atoms with Crippen molar-refractivity contribution in [2.75, 3.05) is 11.3 Å². The molecule has 0 spiro atoms. The fourth-order valence-electron chi connectivity index (χ4n) is 4.19. The van der Waals surface area contributed by atoms with Crippen LogP contribution in [0.5, 0.6) is 5.75 Å². The molecule has 0 aliphatic heterocycles. The summed E-state index contributed by atoms with van der Waals surface area (Å²) in [5, 5.41) is 0.794. The van der Waals surface area contributed by atoms with Gasteiger partial charge in [0.15, 0.2) is 5.78 Å². The van der Waals surface area contributed by atoms with E-state index in [1.54, 1.807) is 43.3 Å². The standard InChI is InChI=1S/C23H26N2O4S/c1-5-29-16-8-6-15(7-9-16)25-30(27,28)21-11-18-17(10-14(21)2)22-19(24-18)12-23(3,4)13-20(22)26/h6-11,24-25H,5,12-13H2,1-4H3. The summed E-state index contributed by atoms with van der Waals surface area (Å²) in [5.41, 5.74) is 3.21. The quantitative estimate of drug-likeness (QED) is 0.612. The molecule has 0 bridgehead atoms. The number of hydrogen-bond donors (Lipinski definition) is 2. The fraction of sp³-hybridized carbons (Fsp3) is 0.348. The minimum atomic E-state index is -3.79. The highest BCUT2D eigenvalue weighted by molar-refractivity contribution is 7.92. The minimum Gasteiger partial charge on any atom is -0.494 e. The summed E-state index contributed by atoms with van der Waals surface area (Å²) in [6.45, 7) is 8.33. The van der Waals surface area contributed by atoms with E-state index in [1.165, 1.54) is 0 Å². The maximum atomic E-state index is 13.1. The number of sulfonamides is 1. The Bertz CT molecular complexity index is 1240. The van der Waals surface area contributed by atoms with E-state index >= 15 is 0 Å². The van der Waals surface area contributed by atoms with Gasteiger partial charge in [0.1, 0.15) is 5.75 Å². The number of fused-ring (bicyclic) bond motifs is 3. The zero-order chi connectivity index (χ0) is 21.7. The van der Waals surface area contributed by atoms with E-state index in [0.29, 0.717) is 41.1 Å². The van der Waals surface area contributed by atoms with Gasteiger partial charge in [0.05, 0.1) is 11.5 Å². The van der Waals surface area contributed by atoms with Crippen LogP contribution in [-0.2, 0) is 16.4 Å². The average molecular weight is 427 g/mol. The van der Waals surface area contributed by atoms with Crippen LogP contribution in [0.2, 0.25) is 0 Å². The van der Waals surface area contributed by atoms with Crippen LogP contribution in [0.25, 0.3) is 10.9 Å². The Morgan fingerprint density at radius 3 is 2.50 bits per heavy atom. The molecule has 7 heteroatoms. The van der Waals surface area contributed by atoms with Crippen molar-refractivity contribution in [2.24, 2.45) is 5.41 Å². The molecule has 0 saturated heterocycles. The predicted octanol–water partition coefficient (Wildman–Crippen LogP) is 4.83. The van der Waals surface area contributed by atoms with Crippen molar-refractivity contribution in [1.29, 1.82) is 0 Å². The Morgan fingerprint density at radius 2 is 1.83 bits per heavy atom. The largest absolute Gasteiger partial charge is 0.494 e. The van der Waals surface area contributed by atoms with E-state index in [2.05, 4.69) is 23.6 Å². The summed E-state index contributed by atoms with van der Waals surface area (Å²) in [4.78, 5) is 16.2. The number of nitrogens with one attached hydrogen (secondary N) is 2. The Balaban J connectivity index is 1.72. The molecule has 1 aliphatic carbocycles. The number of H-pyrrole nitrogens is 1. The average Bonchev–Trinajstić information content (AvgIpc) is 2.98. The fourth-order valence-corrected chi connectivity index (χ4v) is 5.50. The Morgan fingerprint density at radius 1 is 1.13 bits per heavy atom. The summed E-state index contributed by atoms with van der Waals surface area (Å²) in [5.74, 6) is 0.789. The number of ketones is 1. The van der Waals surface area contributed by atoms with Crippen LogP contribution in [0.1, 0.15) is 48.8 Å². The lowest BCUT2D eigenvalue weighted by Crippen LogP contribution is -2.26. The molecule has 0 unspecified atom stereocenters. The van der Waals surface area contributed by atoms with Gasteiger partial charge in [-0.25, -0.2) is 8.42 Å². The first-order valence-corrected chi connectivity index (χ1v) is 11.5.